The minimum Gasteiger partial charge on any atom is -0.382 e. The molecule has 2 aromatic carbocycles. The quantitative estimate of drug-likeness (QED) is 0.431. The number of nitrogens with zero attached hydrogens (tertiary/aromatic N) is 2. The maximum atomic E-state index is 13.4. The van der Waals surface area contributed by atoms with Crippen molar-refractivity contribution in [2.75, 3.05) is 18.8 Å². The lowest BCUT2D eigenvalue weighted by Crippen LogP contribution is -2.41. The van der Waals surface area contributed by atoms with Crippen molar-refractivity contribution in [3.63, 3.8) is 0 Å². The summed E-state index contributed by atoms with van der Waals surface area (Å²) in [4.78, 5) is 34.0. The summed E-state index contributed by atoms with van der Waals surface area (Å²) in [6.45, 7) is 1.64. The lowest BCUT2D eigenvalue weighted by molar-refractivity contribution is 0.0928. The Kier molecular flexibility index (Phi) is 7.61. The molecule has 2 amide bonds. The minimum absolute atomic E-state index is 0.0172. The molecule has 0 saturated carbocycles. The van der Waals surface area contributed by atoms with Gasteiger partial charge in [-0.25, -0.2) is 18.7 Å². The van der Waals surface area contributed by atoms with Crippen molar-refractivity contribution < 1.29 is 18.4 Å². The number of anilines is 1. The number of hydrogen-bond donors (Lipinski definition) is 4. The lowest BCUT2D eigenvalue weighted by atomic mass is 10.1. The van der Waals surface area contributed by atoms with Crippen LogP contribution in [0.25, 0.3) is 11.3 Å². The molecule has 2 heterocycles. The summed E-state index contributed by atoms with van der Waals surface area (Å²) >= 11 is 0. The van der Waals surface area contributed by atoms with Gasteiger partial charge in [0.25, 0.3) is 11.8 Å². The molecule has 1 aliphatic heterocycles. The van der Waals surface area contributed by atoms with Gasteiger partial charge in [0.15, 0.2) is 23.1 Å². The molecule has 182 valence electrons. The van der Waals surface area contributed by atoms with E-state index in [1.807, 2.05) is 0 Å². The molecule has 35 heavy (non-hydrogen) atoms. The Morgan fingerprint density at radius 2 is 1.94 bits per heavy atom. The summed E-state index contributed by atoms with van der Waals surface area (Å²) in [6, 6.07) is 10.1. The SMILES string of the molecule is Nc1ncc(-c2cccc(C(=O)NCc3ccc(F)c(F)c3)c2)nc1C(=O)NC1CCCCNC1. The summed E-state index contributed by atoms with van der Waals surface area (Å²) in [5.74, 6) is -2.70. The Labute approximate surface area is 201 Å². The third-order valence-electron chi connectivity index (χ3n) is 5.76. The van der Waals surface area contributed by atoms with Crippen LogP contribution in [-0.2, 0) is 6.54 Å². The molecule has 10 heteroatoms. The molecule has 1 aromatic heterocycles. The van der Waals surface area contributed by atoms with Gasteiger partial charge >= 0.3 is 0 Å². The summed E-state index contributed by atoms with van der Waals surface area (Å²) in [5, 5.41) is 8.94. The fraction of sp³-hybridized carbons (Fsp3) is 0.280. The van der Waals surface area contributed by atoms with Gasteiger partial charge in [-0.05, 0) is 49.2 Å². The fourth-order valence-corrected chi connectivity index (χ4v) is 3.85. The van der Waals surface area contributed by atoms with E-state index in [4.69, 9.17) is 5.73 Å². The number of amides is 2. The normalized spacial score (nSPS) is 15.8. The Hall–Kier alpha value is -3.92. The van der Waals surface area contributed by atoms with Crippen LogP contribution in [0.1, 0.15) is 45.7 Å². The van der Waals surface area contributed by atoms with E-state index in [0.717, 1.165) is 37.9 Å². The smallest absolute Gasteiger partial charge is 0.274 e. The van der Waals surface area contributed by atoms with Crippen molar-refractivity contribution in [2.45, 2.75) is 31.8 Å². The second-order valence-electron chi connectivity index (χ2n) is 8.37. The van der Waals surface area contributed by atoms with Crippen LogP contribution in [-0.4, -0.2) is 40.9 Å². The molecular formula is C25H26F2N6O2. The molecule has 1 atom stereocenters. The van der Waals surface area contributed by atoms with Gasteiger partial charge in [-0.2, -0.15) is 0 Å². The summed E-state index contributed by atoms with van der Waals surface area (Å²) in [6.07, 6.45) is 4.39. The first-order chi connectivity index (χ1) is 16.9. The first kappa shape index (κ1) is 24.2. The van der Waals surface area contributed by atoms with E-state index in [2.05, 4.69) is 25.9 Å². The van der Waals surface area contributed by atoms with Crippen molar-refractivity contribution in [2.24, 2.45) is 0 Å². The van der Waals surface area contributed by atoms with Crippen LogP contribution in [0.4, 0.5) is 14.6 Å². The highest BCUT2D eigenvalue weighted by atomic mass is 19.2. The second kappa shape index (κ2) is 11.0. The summed E-state index contributed by atoms with van der Waals surface area (Å²) in [7, 11) is 0. The highest BCUT2D eigenvalue weighted by Crippen LogP contribution is 2.20. The number of hydrogen-bond acceptors (Lipinski definition) is 6. The number of halogens is 2. The van der Waals surface area contributed by atoms with E-state index in [1.165, 1.54) is 12.3 Å². The Bertz CT molecular complexity index is 1230. The largest absolute Gasteiger partial charge is 0.382 e. The monoisotopic (exact) mass is 480 g/mol. The summed E-state index contributed by atoms with van der Waals surface area (Å²) in [5.41, 5.74) is 7.68. The molecule has 5 N–H and O–H groups in total. The molecule has 0 radical (unpaired) electrons. The molecule has 1 unspecified atom stereocenters. The first-order valence-electron chi connectivity index (χ1n) is 11.4. The zero-order chi connectivity index (χ0) is 24.8. The van der Waals surface area contributed by atoms with Gasteiger partial charge in [0, 0.05) is 30.3 Å². The van der Waals surface area contributed by atoms with E-state index in [-0.39, 0.29) is 24.1 Å². The first-order valence-corrected chi connectivity index (χ1v) is 11.4. The average molecular weight is 481 g/mol. The van der Waals surface area contributed by atoms with Crippen LogP contribution in [0.15, 0.2) is 48.7 Å². The van der Waals surface area contributed by atoms with Crippen molar-refractivity contribution >= 4 is 17.6 Å². The second-order valence-corrected chi connectivity index (χ2v) is 8.37. The third kappa shape index (κ3) is 6.15. The number of nitrogens with two attached hydrogens (primary N) is 1. The lowest BCUT2D eigenvalue weighted by Gasteiger charge is -2.16. The molecule has 1 fully saturated rings. The number of nitrogen functional groups attached to an aromatic ring is 1. The van der Waals surface area contributed by atoms with Gasteiger partial charge in [0.1, 0.15) is 0 Å². The van der Waals surface area contributed by atoms with E-state index in [9.17, 15) is 18.4 Å². The highest BCUT2D eigenvalue weighted by Gasteiger charge is 2.20. The fourth-order valence-electron chi connectivity index (χ4n) is 3.85. The van der Waals surface area contributed by atoms with Crippen LogP contribution in [0.3, 0.4) is 0 Å². The van der Waals surface area contributed by atoms with Crippen molar-refractivity contribution in [1.82, 2.24) is 25.9 Å². The zero-order valence-corrected chi connectivity index (χ0v) is 19.0. The average Bonchev–Trinajstić information content (AvgIpc) is 3.13. The maximum absolute atomic E-state index is 13.4. The zero-order valence-electron chi connectivity index (χ0n) is 19.0. The van der Waals surface area contributed by atoms with Gasteiger partial charge in [-0.15, -0.1) is 0 Å². The van der Waals surface area contributed by atoms with Crippen LogP contribution in [0.5, 0.6) is 0 Å². The van der Waals surface area contributed by atoms with Crippen LogP contribution in [0.2, 0.25) is 0 Å². The van der Waals surface area contributed by atoms with Gasteiger partial charge in [0.05, 0.1) is 11.9 Å². The van der Waals surface area contributed by atoms with E-state index < -0.39 is 23.4 Å². The van der Waals surface area contributed by atoms with Crippen molar-refractivity contribution in [3.8, 4) is 11.3 Å². The van der Waals surface area contributed by atoms with Gasteiger partial charge < -0.3 is 21.7 Å². The predicted octanol–water partition coefficient (Wildman–Crippen LogP) is 2.81. The Morgan fingerprint density at radius 1 is 1.09 bits per heavy atom. The van der Waals surface area contributed by atoms with Gasteiger partial charge in [-0.3, -0.25) is 9.59 Å². The Balaban J connectivity index is 1.47. The molecule has 0 bridgehead atoms. The van der Waals surface area contributed by atoms with E-state index in [0.29, 0.717) is 28.9 Å². The molecular weight excluding hydrogens is 454 g/mol. The minimum atomic E-state index is -0.976. The van der Waals surface area contributed by atoms with Gasteiger partial charge in [0.2, 0.25) is 0 Å². The summed E-state index contributed by atoms with van der Waals surface area (Å²) < 4.78 is 26.5. The van der Waals surface area contributed by atoms with Crippen molar-refractivity contribution in [1.29, 1.82) is 0 Å². The Morgan fingerprint density at radius 3 is 2.77 bits per heavy atom. The standard InChI is InChI=1S/C25H26F2N6O2/c26-19-8-7-15(10-20(19)27)12-31-24(34)17-5-3-4-16(11-17)21-14-30-23(28)22(33-21)25(35)32-18-6-1-2-9-29-13-18/h3-5,7-8,10-11,14,18,29H,1-2,6,9,12-13H2,(H2,28,30)(H,31,34)(H,32,35). The van der Waals surface area contributed by atoms with Crippen LogP contribution in [0, 0.1) is 11.6 Å². The molecule has 3 aromatic rings. The highest BCUT2D eigenvalue weighted by molar-refractivity contribution is 5.97. The third-order valence-corrected chi connectivity index (χ3v) is 5.76. The number of aromatic nitrogens is 2. The van der Waals surface area contributed by atoms with E-state index >= 15 is 0 Å². The van der Waals surface area contributed by atoms with Crippen LogP contribution < -0.4 is 21.7 Å². The molecule has 0 spiro atoms. The molecule has 1 aliphatic rings. The van der Waals surface area contributed by atoms with Crippen LogP contribution >= 0.6 is 0 Å². The topological polar surface area (TPSA) is 122 Å². The molecule has 0 aliphatic carbocycles. The molecule has 8 nitrogen and oxygen atoms in total. The number of carbonyl (C=O) groups is 2. The molecule has 1 saturated heterocycles. The number of benzene rings is 2. The maximum Gasteiger partial charge on any atom is 0.274 e. The number of carbonyl (C=O) groups excluding carboxylic acids is 2. The molecule has 4 rings (SSSR count). The number of rotatable bonds is 6. The van der Waals surface area contributed by atoms with E-state index in [1.54, 1.807) is 24.3 Å². The number of nitrogens with one attached hydrogen (secondary N) is 3. The van der Waals surface area contributed by atoms with Crippen molar-refractivity contribution in [3.05, 3.63) is 77.1 Å². The predicted molar refractivity (Wildman–Crippen MR) is 127 cm³/mol. The van der Waals surface area contributed by atoms with Gasteiger partial charge in [-0.1, -0.05) is 24.6 Å².